The lowest BCUT2D eigenvalue weighted by atomic mass is 10.1. The van der Waals surface area contributed by atoms with E-state index >= 15 is 0 Å². The number of hydrogen-bond donors (Lipinski definition) is 2. The summed E-state index contributed by atoms with van der Waals surface area (Å²) in [4.78, 5) is 17.2. The molecule has 3 rings (SSSR count). The molecule has 0 bridgehead atoms. The van der Waals surface area contributed by atoms with Crippen LogP contribution in [0.15, 0.2) is 52.4 Å². The molecular weight excluding hydrogens is 454 g/mol. The topological polar surface area (TPSA) is 100 Å². The third kappa shape index (κ3) is 6.80. The van der Waals surface area contributed by atoms with Gasteiger partial charge in [0.25, 0.3) is 0 Å². The highest BCUT2D eigenvalue weighted by molar-refractivity contribution is 7.91. The first-order chi connectivity index (χ1) is 15.8. The van der Waals surface area contributed by atoms with Crippen LogP contribution in [0.5, 0.6) is 0 Å². The molecule has 0 saturated carbocycles. The van der Waals surface area contributed by atoms with Gasteiger partial charge in [0.1, 0.15) is 34.8 Å². The number of halogens is 2. The van der Waals surface area contributed by atoms with Crippen LogP contribution in [-0.4, -0.2) is 70.8 Å². The minimum atomic E-state index is -4.18. The molecule has 0 saturated heterocycles. The Morgan fingerprint density at radius 1 is 1.18 bits per heavy atom. The molecule has 2 N–H and O–H groups in total. The van der Waals surface area contributed by atoms with Crippen molar-refractivity contribution in [2.24, 2.45) is 4.99 Å². The zero-order valence-corrected chi connectivity index (χ0v) is 19.0. The van der Waals surface area contributed by atoms with E-state index in [1.54, 1.807) is 7.05 Å². The number of nitrogens with zero attached hydrogens (tertiary/aromatic N) is 2. The van der Waals surface area contributed by atoms with E-state index in [1.165, 1.54) is 4.90 Å². The van der Waals surface area contributed by atoms with E-state index in [1.807, 2.05) is 24.3 Å². The molecule has 0 atom stereocenters. The number of carbonyl (C=O) groups excluding carboxylic acids is 1. The fourth-order valence-corrected chi connectivity index (χ4v) is 4.48. The first-order valence-corrected chi connectivity index (χ1v) is 12.0. The molecule has 1 aliphatic rings. The fraction of sp³-hybridized carbons (Fsp3) is 0.364. The summed E-state index contributed by atoms with van der Waals surface area (Å²) < 4.78 is 56.9. The van der Waals surface area contributed by atoms with Gasteiger partial charge in [-0.2, -0.15) is 0 Å². The highest BCUT2D eigenvalue weighted by Gasteiger charge is 2.23. The van der Waals surface area contributed by atoms with Crippen molar-refractivity contribution >= 4 is 21.6 Å². The summed E-state index contributed by atoms with van der Waals surface area (Å²) in [5.74, 6) is -2.29. The molecule has 0 unspecified atom stereocenters. The number of benzene rings is 2. The Labute approximate surface area is 191 Å². The Kier molecular flexibility index (Phi) is 8.48. The van der Waals surface area contributed by atoms with E-state index in [2.05, 4.69) is 15.6 Å². The van der Waals surface area contributed by atoms with Crippen LogP contribution in [0.25, 0.3) is 0 Å². The summed E-state index contributed by atoms with van der Waals surface area (Å²) >= 11 is 0. The maximum atomic E-state index is 13.7. The van der Waals surface area contributed by atoms with Gasteiger partial charge in [0.15, 0.2) is 9.84 Å². The van der Waals surface area contributed by atoms with Gasteiger partial charge in [0.05, 0.1) is 13.2 Å². The Morgan fingerprint density at radius 2 is 1.88 bits per heavy atom. The second-order valence-corrected chi connectivity index (χ2v) is 9.39. The molecule has 0 spiro atoms. The second kappa shape index (κ2) is 11.3. The minimum absolute atomic E-state index is 0.0542. The Bertz CT molecular complexity index is 1090. The maximum absolute atomic E-state index is 13.7. The van der Waals surface area contributed by atoms with Gasteiger partial charge >= 0.3 is 0 Å². The lowest BCUT2D eigenvalue weighted by molar-refractivity contribution is -0.135. The summed E-state index contributed by atoms with van der Waals surface area (Å²) in [7, 11) is -2.52. The van der Waals surface area contributed by atoms with E-state index in [9.17, 15) is 22.0 Å². The van der Waals surface area contributed by atoms with Gasteiger partial charge in [-0.05, 0) is 17.7 Å². The maximum Gasteiger partial charge on any atom is 0.248 e. The Hall–Kier alpha value is -2.89. The predicted molar refractivity (Wildman–Crippen MR) is 120 cm³/mol. The van der Waals surface area contributed by atoms with Crippen molar-refractivity contribution < 1.29 is 26.7 Å². The van der Waals surface area contributed by atoms with Gasteiger partial charge < -0.3 is 20.3 Å². The van der Waals surface area contributed by atoms with Gasteiger partial charge in [0, 0.05) is 32.2 Å². The van der Waals surface area contributed by atoms with Crippen molar-refractivity contribution in [3.8, 4) is 0 Å². The molecule has 8 nitrogen and oxygen atoms in total. The van der Waals surface area contributed by atoms with E-state index in [0.717, 1.165) is 48.3 Å². The molecule has 1 amide bonds. The van der Waals surface area contributed by atoms with E-state index in [0.29, 0.717) is 6.54 Å². The zero-order valence-electron chi connectivity index (χ0n) is 18.2. The zero-order chi connectivity index (χ0) is 23.8. The molecule has 11 heteroatoms. The van der Waals surface area contributed by atoms with Crippen LogP contribution in [0.2, 0.25) is 0 Å². The number of carbonyl (C=O) groups is 1. The highest BCUT2D eigenvalue weighted by Crippen LogP contribution is 2.19. The van der Waals surface area contributed by atoms with Crippen LogP contribution in [0, 0.1) is 11.6 Å². The molecule has 2 aromatic carbocycles. The van der Waals surface area contributed by atoms with Gasteiger partial charge in [0.2, 0.25) is 5.91 Å². The van der Waals surface area contributed by atoms with Crippen molar-refractivity contribution in [3.63, 3.8) is 0 Å². The highest BCUT2D eigenvalue weighted by atomic mass is 32.2. The smallest absolute Gasteiger partial charge is 0.248 e. The largest absolute Gasteiger partial charge is 0.370 e. The number of amidine groups is 1. The molecule has 33 heavy (non-hydrogen) atoms. The van der Waals surface area contributed by atoms with Gasteiger partial charge in [-0.25, -0.2) is 17.2 Å². The molecule has 178 valence electrons. The van der Waals surface area contributed by atoms with E-state index in [-0.39, 0.29) is 25.7 Å². The van der Waals surface area contributed by atoms with E-state index in [4.69, 9.17) is 4.74 Å². The quantitative estimate of drug-likeness (QED) is 0.471. The SMILES string of the molecule is CN(Cc1ccc(C2=NCCN2)cc1)C(=O)COCCNCS(=O)(=O)c1c(F)cccc1F. The van der Waals surface area contributed by atoms with Gasteiger partial charge in [-0.1, -0.05) is 30.3 Å². The lowest BCUT2D eigenvalue weighted by Gasteiger charge is -2.17. The molecule has 0 aliphatic carbocycles. The molecule has 1 aliphatic heterocycles. The number of hydrogen-bond acceptors (Lipinski definition) is 7. The standard InChI is InChI=1S/C22H26F2N4O4S/c1-28(13-16-5-7-17(8-6-16)22-26-9-10-27-22)20(29)14-32-12-11-25-15-33(30,31)21-18(23)3-2-4-19(21)24/h2-8,25H,9-15H2,1H3,(H,26,27). The summed E-state index contributed by atoms with van der Waals surface area (Å²) in [6.07, 6.45) is 0. The first-order valence-electron chi connectivity index (χ1n) is 10.3. The number of ether oxygens (including phenoxy) is 1. The number of amides is 1. The lowest BCUT2D eigenvalue weighted by Crippen LogP contribution is -2.32. The molecule has 0 radical (unpaired) electrons. The van der Waals surface area contributed by atoms with Crippen molar-refractivity contribution in [1.82, 2.24) is 15.5 Å². The Balaban J connectivity index is 1.36. The number of likely N-dealkylation sites (N-methyl/N-ethyl adjacent to an activating group) is 1. The predicted octanol–water partition coefficient (Wildman–Crippen LogP) is 1.31. The number of rotatable bonds is 11. The average Bonchev–Trinajstić information content (AvgIpc) is 3.31. The fourth-order valence-electron chi connectivity index (χ4n) is 3.19. The minimum Gasteiger partial charge on any atom is -0.370 e. The summed E-state index contributed by atoms with van der Waals surface area (Å²) in [6, 6.07) is 10.6. The summed E-state index contributed by atoms with van der Waals surface area (Å²) in [6.45, 7) is 1.98. The normalized spacial score (nSPS) is 13.5. The molecule has 1 heterocycles. The van der Waals surface area contributed by atoms with Crippen molar-refractivity contribution in [2.45, 2.75) is 11.4 Å². The third-order valence-corrected chi connectivity index (χ3v) is 6.51. The van der Waals surface area contributed by atoms with Crippen LogP contribution in [0.1, 0.15) is 11.1 Å². The van der Waals surface area contributed by atoms with Crippen LogP contribution in [-0.2, 0) is 25.9 Å². The first kappa shape index (κ1) is 24.7. The summed E-state index contributed by atoms with van der Waals surface area (Å²) in [5, 5.41) is 5.77. The van der Waals surface area contributed by atoms with Crippen molar-refractivity contribution in [2.75, 3.05) is 45.8 Å². The average molecular weight is 481 g/mol. The molecule has 0 aromatic heterocycles. The van der Waals surface area contributed by atoms with Crippen LogP contribution in [0.4, 0.5) is 8.78 Å². The van der Waals surface area contributed by atoms with Crippen LogP contribution in [0.3, 0.4) is 0 Å². The van der Waals surface area contributed by atoms with Crippen LogP contribution < -0.4 is 10.6 Å². The Morgan fingerprint density at radius 3 is 2.52 bits per heavy atom. The van der Waals surface area contributed by atoms with Crippen LogP contribution >= 0.6 is 0 Å². The second-order valence-electron chi connectivity index (χ2n) is 7.47. The van der Waals surface area contributed by atoms with Gasteiger partial charge in [-0.3, -0.25) is 9.79 Å². The van der Waals surface area contributed by atoms with Gasteiger partial charge in [-0.15, -0.1) is 0 Å². The number of nitrogens with one attached hydrogen (secondary N) is 2. The summed E-state index contributed by atoms with van der Waals surface area (Å²) in [5.41, 5.74) is 1.96. The van der Waals surface area contributed by atoms with Crippen molar-refractivity contribution in [1.29, 1.82) is 0 Å². The number of aliphatic imine (C=N–C) groups is 1. The molecule has 0 fully saturated rings. The van der Waals surface area contributed by atoms with Crippen molar-refractivity contribution in [3.05, 3.63) is 65.2 Å². The monoisotopic (exact) mass is 480 g/mol. The molecular formula is C22H26F2N4O4S. The molecule has 2 aromatic rings. The third-order valence-electron chi connectivity index (χ3n) is 4.92. The van der Waals surface area contributed by atoms with E-state index < -0.39 is 32.2 Å². The number of sulfone groups is 1.